The maximum absolute atomic E-state index is 11.9. The molecular weight excluding hydrogens is 360 g/mol. The van der Waals surface area contributed by atoms with Crippen molar-refractivity contribution >= 4 is 21.6 Å². The van der Waals surface area contributed by atoms with Crippen molar-refractivity contribution in [2.45, 2.75) is 56.7 Å². The third kappa shape index (κ3) is 3.78. The van der Waals surface area contributed by atoms with Gasteiger partial charge >= 0.3 is 0 Å². The number of aromatic nitrogens is 2. The molecule has 1 aliphatic carbocycles. The van der Waals surface area contributed by atoms with Gasteiger partial charge in [0.15, 0.2) is 0 Å². The topological polar surface area (TPSA) is 70.4 Å². The zero-order valence-corrected chi connectivity index (χ0v) is 15.1. The molecule has 1 aliphatic heterocycles. The van der Waals surface area contributed by atoms with Crippen molar-refractivity contribution in [3.05, 3.63) is 21.0 Å². The Hall–Kier alpha value is -0.920. The second-order valence-corrected chi connectivity index (χ2v) is 7.47. The van der Waals surface area contributed by atoms with Gasteiger partial charge in [0.1, 0.15) is 4.47 Å². The number of nitrogens with one attached hydrogen (secondary N) is 1. The van der Waals surface area contributed by atoms with Crippen LogP contribution in [0.2, 0.25) is 0 Å². The average Bonchev–Trinajstić information content (AvgIpc) is 2.57. The van der Waals surface area contributed by atoms with Crippen LogP contribution in [-0.2, 0) is 7.05 Å². The van der Waals surface area contributed by atoms with Gasteiger partial charge in [-0.3, -0.25) is 9.69 Å². The van der Waals surface area contributed by atoms with Gasteiger partial charge in [-0.25, -0.2) is 4.68 Å². The van der Waals surface area contributed by atoms with E-state index in [1.807, 2.05) is 0 Å². The van der Waals surface area contributed by atoms with Crippen molar-refractivity contribution in [1.29, 1.82) is 0 Å². The van der Waals surface area contributed by atoms with Crippen LogP contribution >= 0.6 is 15.9 Å². The fourth-order valence-electron chi connectivity index (χ4n) is 3.72. The van der Waals surface area contributed by atoms with Gasteiger partial charge < -0.3 is 10.4 Å². The Morgan fingerprint density at radius 3 is 2.65 bits per heavy atom. The Labute approximate surface area is 145 Å². The number of rotatable bonds is 3. The predicted octanol–water partition coefficient (Wildman–Crippen LogP) is 1.72. The van der Waals surface area contributed by atoms with Crippen LogP contribution in [0.15, 0.2) is 15.5 Å². The molecule has 3 rings (SSSR count). The second-order valence-electron chi connectivity index (χ2n) is 6.67. The van der Waals surface area contributed by atoms with Crippen LogP contribution in [0.4, 0.5) is 5.69 Å². The van der Waals surface area contributed by atoms with Crippen molar-refractivity contribution in [2.75, 3.05) is 18.4 Å². The summed E-state index contributed by atoms with van der Waals surface area (Å²) in [7, 11) is 1.64. The van der Waals surface area contributed by atoms with E-state index in [1.54, 1.807) is 13.2 Å². The molecule has 1 saturated heterocycles. The summed E-state index contributed by atoms with van der Waals surface area (Å²) in [6.07, 6.45) is 8.01. The minimum Gasteiger partial charge on any atom is -0.391 e. The molecule has 0 bridgehead atoms. The molecule has 23 heavy (non-hydrogen) atoms. The summed E-state index contributed by atoms with van der Waals surface area (Å²) >= 11 is 3.36. The SMILES string of the molecule is Cn1ncc(NC2CCN(C3CCCCC3O)CC2)c(Br)c1=O. The molecule has 128 valence electrons. The summed E-state index contributed by atoms with van der Waals surface area (Å²) in [5, 5.41) is 17.7. The molecule has 2 fully saturated rings. The first-order valence-electron chi connectivity index (χ1n) is 8.46. The van der Waals surface area contributed by atoms with Crippen LogP contribution in [0.5, 0.6) is 0 Å². The highest BCUT2D eigenvalue weighted by molar-refractivity contribution is 9.10. The summed E-state index contributed by atoms with van der Waals surface area (Å²) in [4.78, 5) is 14.3. The Morgan fingerprint density at radius 1 is 1.26 bits per heavy atom. The lowest BCUT2D eigenvalue weighted by molar-refractivity contribution is 0.00993. The van der Waals surface area contributed by atoms with Crippen molar-refractivity contribution in [1.82, 2.24) is 14.7 Å². The van der Waals surface area contributed by atoms with E-state index in [-0.39, 0.29) is 11.7 Å². The minimum atomic E-state index is -0.163. The third-order valence-corrected chi connectivity index (χ3v) is 5.90. The van der Waals surface area contributed by atoms with E-state index in [1.165, 1.54) is 11.1 Å². The standard InChI is InChI=1S/C16H25BrN4O2/c1-20-16(23)15(17)12(10-18-20)19-11-6-8-21(9-7-11)13-4-2-3-5-14(13)22/h10-11,13-14,19,22H,2-9H2,1H3. The predicted molar refractivity (Wildman–Crippen MR) is 93.7 cm³/mol. The molecule has 0 spiro atoms. The number of nitrogens with zero attached hydrogens (tertiary/aromatic N) is 3. The lowest BCUT2D eigenvalue weighted by Gasteiger charge is -2.41. The summed E-state index contributed by atoms with van der Waals surface area (Å²) < 4.78 is 1.86. The molecule has 1 saturated carbocycles. The summed E-state index contributed by atoms with van der Waals surface area (Å²) in [5.74, 6) is 0. The lowest BCUT2D eigenvalue weighted by atomic mass is 9.89. The van der Waals surface area contributed by atoms with Gasteiger partial charge in [-0.15, -0.1) is 0 Å². The fraction of sp³-hybridized carbons (Fsp3) is 0.750. The van der Waals surface area contributed by atoms with E-state index in [2.05, 4.69) is 31.2 Å². The monoisotopic (exact) mass is 384 g/mol. The summed E-state index contributed by atoms with van der Waals surface area (Å²) in [6, 6.07) is 0.680. The molecule has 2 atom stereocenters. The van der Waals surface area contributed by atoms with Crippen molar-refractivity contribution in [3.8, 4) is 0 Å². The molecule has 2 unspecified atom stereocenters. The first kappa shape index (κ1) is 16.9. The van der Waals surface area contributed by atoms with Crippen LogP contribution in [0.25, 0.3) is 0 Å². The Balaban J connectivity index is 1.57. The van der Waals surface area contributed by atoms with Gasteiger partial charge in [0.25, 0.3) is 5.56 Å². The molecule has 7 heteroatoms. The number of aliphatic hydroxyl groups is 1. The maximum Gasteiger partial charge on any atom is 0.282 e. The second kappa shape index (κ2) is 7.32. The van der Waals surface area contributed by atoms with E-state index in [4.69, 9.17) is 0 Å². The highest BCUT2D eigenvalue weighted by Crippen LogP contribution is 2.27. The number of piperidine rings is 1. The molecule has 2 aliphatic rings. The number of aryl methyl sites for hydroxylation is 1. The van der Waals surface area contributed by atoms with Gasteiger partial charge in [0.05, 0.1) is 18.0 Å². The number of aliphatic hydroxyl groups excluding tert-OH is 1. The van der Waals surface area contributed by atoms with E-state index >= 15 is 0 Å². The number of likely N-dealkylation sites (tertiary alicyclic amines) is 1. The number of halogens is 1. The smallest absolute Gasteiger partial charge is 0.282 e. The van der Waals surface area contributed by atoms with Gasteiger partial charge in [-0.2, -0.15) is 5.10 Å². The highest BCUT2D eigenvalue weighted by Gasteiger charge is 2.31. The molecule has 0 radical (unpaired) electrons. The Morgan fingerprint density at radius 2 is 1.96 bits per heavy atom. The zero-order valence-electron chi connectivity index (χ0n) is 13.5. The van der Waals surface area contributed by atoms with Crippen molar-refractivity contribution in [3.63, 3.8) is 0 Å². The maximum atomic E-state index is 11.9. The zero-order chi connectivity index (χ0) is 16.4. The Kier molecular flexibility index (Phi) is 5.38. The third-order valence-electron chi connectivity index (χ3n) is 5.13. The molecule has 0 aromatic carbocycles. The van der Waals surface area contributed by atoms with Crippen molar-refractivity contribution < 1.29 is 5.11 Å². The van der Waals surface area contributed by atoms with E-state index in [0.29, 0.717) is 16.6 Å². The average molecular weight is 385 g/mol. The first-order chi connectivity index (χ1) is 11.1. The summed E-state index contributed by atoms with van der Waals surface area (Å²) in [5.41, 5.74) is 0.641. The first-order valence-corrected chi connectivity index (χ1v) is 9.26. The largest absolute Gasteiger partial charge is 0.391 e. The van der Waals surface area contributed by atoms with Crippen LogP contribution in [0.1, 0.15) is 38.5 Å². The van der Waals surface area contributed by atoms with Crippen molar-refractivity contribution in [2.24, 2.45) is 7.05 Å². The van der Waals surface area contributed by atoms with Crippen LogP contribution in [0, 0.1) is 0 Å². The molecule has 6 nitrogen and oxygen atoms in total. The minimum absolute atomic E-state index is 0.127. The molecule has 2 heterocycles. The van der Waals surface area contributed by atoms with Gasteiger partial charge in [-0.05, 0) is 41.6 Å². The normalized spacial score (nSPS) is 27.1. The van der Waals surface area contributed by atoms with Gasteiger partial charge in [0, 0.05) is 32.2 Å². The van der Waals surface area contributed by atoms with Crippen LogP contribution in [-0.4, -0.2) is 51.1 Å². The fourth-order valence-corrected chi connectivity index (χ4v) is 4.20. The molecule has 0 amide bonds. The molecule has 2 N–H and O–H groups in total. The molecule has 1 aromatic rings. The number of hydrogen-bond donors (Lipinski definition) is 2. The van der Waals surface area contributed by atoms with E-state index in [0.717, 1.165) is 50.9 Å². The highest BCUT2D eigenvalue weighted by atomic mass is 79.9. The number of hydrogen-bond acceptors (Lipinski definition) is 5. The summed E-state index contributed by atoms with van der Waals surface area (Å²) in [6.45, 7) is 1.99. The van der Waals surface area contributed by atoms with Gasteiger partial charge in [-0.1, -0.05) is 12.8 Å². The number of anilines is 1. The van der Waals surface area contributed by atoms with Crippen LogP contribution in [0.3, 0.4) is 0 Å². The molecular formula is C16H25BrN4O2. The van der Waals surface area contributed by atoms with Crippen LogP contribution < -0.4 is 10.9 Å². The molecule has 1 aromatic heterocycles. The van der Waals surface area contributed by atoms with E-state index < -0.39 is 0 Å². The Bertz CT molecular complexity index is 598. The lowest BCUT2D eigenvalue weighted by Crippen LogP contribution is -2.50. The van der Waals surface area contributed by atoms with Gasteiger partial charge in [0.2, 0.25) is 0 Å². The quantitative estimate of drug-likeness (QED) is 0.829. The van der Waals surface area contributed by atoms with E-state index in [9.17, 15) is 9.90 Å².